The smallest absolute Gasteiger partial charge is 0.433 e. The molecule has 3 aromatic heterocycles. The molecule has 200 valence electrons. The Morgan fingerprint density at radius 2 is 2.03 bits per heavy atom. The van der Waals surface area contributed by atoms with Crippen molar-refractivity contribution in [3.05, 3.63) is 53.4 Å². The SMILES string of the molecule is O=C(Nc1ccnc(OC[C@@H](O)CO)c1)N1c2nc(-c3ccnc(C(F)(F)F)c3)c(Cl)cc2N2CC[C@H]1C2. The van der Waals surface area contributed by atoms with E-state index in [-0.39, 0.29) is 40.6 Å². The third-order valence-corrected chi connectivity index (χ3v) is 6.49. The molecule has 0 aromatic carbocycles. The predicted octanol–water partition coefficient (Wildman–Crippen LogP) is 3.57. The van der Waals surface area contributed by atoms with E-state index in [1.165, 1.54) is 23.2 Å². The van der Waals surface area contributed by atoms with Gasteiger partial charge in [0.15, 0.2) is 5.82 Å². The molecule has 10 nitrogen and oxygen atoms in total. The molecule has 0 unspecified atom stereocenters. The van der Waals surface area contributed by atoms with Crippen molar-refractivity contribution < 1.29 is 32.9 Å². The Hall–Kier alpha value is -3.68. The zero-order valence-corrected chi connectivity index (χ0v) is 20.4. The standard InChI is InChI=1S/C24H22ClF3N6O4/c25-17-9-18-22(32-21(17)13-1-4-29-19(7-13)24(26,27)28)34(15-3-6-33(18)10-15)23(37)31-14-2-5-30-20(8-14)38-12-16(36)11-35/h1-2,4-5,7-9,15-16,35-36H,3,6,10-12H2,(H,30,31,37)/t15-,16-/m0/s1. The second kappa shape index (κ2) is 10.2. The lowest BCUT2D eigenvalue weighted by atomic mass is 10.1. The van der Waals surface area contributed by atoms with E-state index in [4.69, 9.17) is 21.4 Å². The Morgan fingerprint density at radius 3 is 2.79 bits per heavy atom. The second-order valence-corrected chi connectivity index (χ2v) is 9.22. The van der Waals surface area contributed by atoms with Crippen LogP contribution in [0, 0.1) is 0 Å². The normalized spacial score (nSPS) is 17.3. The molecule has 1 fully saturated rings. The van der Waals surface area contributed by atoms with Crippen molar-refractivity contribution in [2.24, 2.45) is 0 Å². The molecule has 14 heteroatoms. The van der Waals surface area contributed by atoms with Gasteiger partial charge in [0.2, 0.25) is 5.88 Å². The molecule has 0 spiro atoms. The molecule has 2 aliphatic heterocycles. The zero-order chi connectivity index (χ0) is 27.0. The van der Waals surface area contributed by atoms with E-state index >= 15 is 0 Å². The first-order valence-corrected chi connectivity index (χ1v) is 12.0. The highest BCUT2D eigenvalue weighted by molar-refractivity contribution is 6.33. The Labute approximate surface area is 219 Å². The first kappa shape index (κ1) is 25.9. The fourth-order valence-electron chi connectivity index (χ4n) is 4.41. The summed E-state index contributed by atoms with van der Waals surface area (Å²) in [5.41, 5.74) is 0.101. The molecule has 5 heterocycles. The van der Waals surface area contributed by atoms with Gasteiger partial charge >= 0.3 is 12.2 Å². The van der Waals surface area contributed by atoms with Crippen LogP contribution in [0.25, 0.3) is 11.3 Å². The monoisotopic (exact) mass is 550 g/mol. The maximum absolute atomic E-state index is 13.5. The first-order valence-electron chi connectivity index (χ1n) is 11.6. The molecule has 0 radical (unpaired) electrons. The molecular formula is C24H22ClF3N6O4. The summed E-state index contributed by atoms with van der Waals surface area (Å²) >= 11 is 6.47. The topological polar surface area (TPSA) is 124 Å². The Bertz CT molecular complexity index is 1360. The van der Waals surface area contributed by atoms with E-state index in [1.807, 2.05) is 4.90 Å². The van der Waals surface area contributed by atoms with Gasteiger partial charge in [-0.05, 0) is 30.7 Å². The summed E-state index contributed by atoms with van der Waals surface area (Å²) < 4.78 is 45.1. The number of alkyl halides is 3. The van der Waals surface area contributed by atoms with E-state index in [2.05, 4.69) is 20.3 Å². The number of carbonyl (C=O) groups is 1. The Balaban J connectivity index is 1.46. The number of nitrogens with one attached hydrogen (secondary N) is 1. The number of hydrogen-bond donors (Lipinski definition) is 3. The van der Waals surface area contributed by atoms with Gasteiger partial charge in [0.05, 0.1) is 29.1 Å². The number of hydrogen-bond acceptors (Lipinski definition) is 8. The fourth-order valence-corrected chi connectivity index (χ4v) is 4.66. The number of nitrogens with zero attached hydrogens (tertiary/aromatic N) is 5. The average molecular weight is 551 g/mol. The molecule has 2 bridgehead atoms. The number of rotatable bonds is 6. The zero-order valence-electron chi connectivity index (χ0n) is 19.7. The number of amides is 2. The van der Waals surface area contributed by atoms with Crippen molar-refractivity contribution in [3.8, 4) is 17.1 Å². The van der Waals surface area contributed by atoms with Gasteiger partial charge in [-0.15, -0.1) is 0 Å². The fraction of sp³-hybridized carbons (Fsp3) is 0.333. The van der Waals surface area contributed by atoms with Crippen molar-refractivity contribution in [1.29, 1.82) is 0 Å². The lowest BCUT2D eigenvalue weighted by Gasteiger charge is -2.36. The van der Waals surface area contributed by atoms with Gasteiger partial charge in [-0.3, -0.25) is 9.88 Å². The Morgan fingerprint density at radius 1 is 1.24 bits per heavy atom. The van der Waals surface area contributed by atoms with Crippen LogP contribution in [-0.4, -0.2) is 69.6 Å². The van der Waals surface area contributed by atoms with Crippen LogP contribution < -0.4 is 19.9 Å². The van der Waals surface area contributed by atoms with Crippen molar-refractivity contribution in [3.63, 3.8) is 0 Å². The van der Waals surface area contributed by atoms with E-state index in [1.54, 1.807) is 12.1 Å². The molecule has 2 aliphatic rings. The third-order valence-electron chi connectivity index (χ3n) is 6.20. The molecular weight excluding hydrogens is 529 g/mol. The quantitative estimate of drug-likeness (QED) is 0.425. The van der Waals surface area contributed by atoms with Crippen molar-refractivity contribution in [2.45, 2.75) is 24.7 Å². The van der Waals surface area contributed by atoms with E-state index in [0.717, 1.165) is 12.3 Å². The number of aliphatic hydroxyl groups excluding tert-OH is 2. The molecule has 38 heavy (non-hydrogen) atoms. The minimum atomic E-state index is -4.64. The van der Waals surface area contributed by atoms with Crippen molar-refractivity contribution in [2.75, 3.05) is 41.4 Å². The number of urea groups is 1. The molecule has 0 saturated carbocycles. The Kier molecular flexibility index (Phi) is 6.99. The number of aliphatic hydroxyl groups is 2. The minimum absolute atomic E-state index is 0.0978. The number of halogens is 4. The molecule has 2 atom stereocenters. The minimum Gasteiger partial charge on any atom is -0.475 e. The van der Waals surface area contributed by atoms with Gasteiger partial charge in [-0.2, -0.15) is 13.2 Å². The summed E-state index contributed by atoms with van der Waals surface area (Å²) in [7, 11) is 0. The highest BCUT2D eigenvalue weighted by Gasteiger charge is 2.41. The van der Waals surface area contributed by atoms with Crippen LogP contribution in [0.1, 0.15) is 12.1 Å². The molecule has 2 amide bonds. The number of anilines is 3. The summed E-state index contributed by atoms with van der Waals surface area (Å²) in [5.74, 6) is 0.407. The average Bonchev–Trinajstić information content (AvgIpc) is 3.31. The lowest BCUT2D eigenvalue weighted by molar-refractivity contribution is -0.141. The maximum Gasteiger partial charge on any atom is 0.433 e. The van der Waals surface area contributed by atoms with Crippen LogP contribution in [0.4, 0.5) is 35.2 Å². The largest absolute Gasteiger partial charge is 0.475 e. The summed E-state index contributed by atoms with van der Waals surface area (Å²) in [4.78, 5) is 29.0. The van der Waals surface area contributed by atoms with Gasteiger partial charge in [-0.25, -0.2) is 14.8 Å². The van der Waals surface area contributed by atoms with Gasteiger partial charge in [-0.1, -0.05) is 11.6 Å². The lowest BCUT2D eigenvalue weighted by Crippen LogP contribution is -2.48. The van der Waals surface area contributed by atoms with Gasteiger partial charge in [0.1, 0.15) is 18.4 Å². The summed E-state index contributed by atoms with van der Waals surface area (Å²) in [6, 6.07) is 6.15. The molecule has 3 aromatic rings. The first-order chi connectivity index (χ1) is 18.1. The molecule has 0 aliphatic carbocycles. The van der Waals surface area contributed by atoms with Gasteiger partial charge in [0.25, 0.3) is 0 Å². The molecule has 1 saturated heterocycles. The van der Waals surface area contributed by atoms with Crippen molar-refractivity contribution in [1.82, 2.24) is 15.0 Å². The van der Waals surface area contributed by atoms with Crippen molar-refractivity contribution >= 4 is 34.8 Å². The number of carbonyl (C=O) groups excluding carboxylic acids is 1. The third kappa shape index (κ3) is 5.17. The number of ether oxygens (including phenoxy) is 1. The van der Waals surface area contributed by atoms with Gasteiger partial charge in [0, 0.05) is 42.8 Å². The van der Waals surface area contributed by atoms with E-state index in [0.29, 0.717) is 30.9 Å². The van der Waals surface area contributed by atoms with Gasteiger partial charge < -0.3 is 25.2 Å². The second-order valence-electron chi connectivity index (χ2n) is 8.81. The highest BCUT2D eigenvalue weighted by Crippen LogP contribution is 2.43. The number of pyridine rings is 3. The summed E-state index contributed by atoms with van der Waals surface area (Å²) in [5, 5.41) is 21.3. The summed E-state index contributed by atoms with van der Waals surface area (Å²) in [6.45, 7) is 0.553. The van der Waals surface area contributed by atoms with Crippen LogP contribution in [0.15, 0.2) is 42.7 Å². The van der Waals surface area contributed by atoms with Crippen LogP contribution in [0.3, 0.4) is 0 Å². The predicted molar refractivity (Wildman–Crippen MR) is 132 cm³/mol. The van der Waals surface area contributed by atoms with Crippen LogP contribution >= 0.6 is 11.6 Å². The number of fused-ring (bicyclic) bond motifs is 4. The van der Waals surface area contributed by atoms with Crippen LogP contribution in [0.2, 0.25) is 5.02 Å². The maximum atomic E-state index is 13.5. The highest BCUT2D eigenvalue weighted by atomic mass is 35.5. The van der Waals surface area contributed by atoms with E-state index in [9.17, 15) is 23.1 Å². The van der Waals surface area contributed by atoms with Crippen LogP contribution in [-0.2, 0) is 6.18 Å². The summed E-state index contributed by atoms with van der Waals surface area (Å²) in [6.07, 6.45) is -2.61. The van der Waals surface area contributed by atoms with E-state index < -0.39 is 30.6 Å². The molecule has 3 N–H and O–H groups in total. The number of aromatic nitrogens is 3. The van der Waals surface area contributed by atoms with Crippen LogP contribution in [0.5, 0.6) is 5.88 Å². The molecule has 5 rings (SSSR count).